The summed E-state index contributed by atoms with van der Waals surface area (Å²) >= 11 is 3.33. The monoisotopic (exact) mass is 456 g/mol. The molecule has 8 nitrogen and oxygen atoms in total. The number of amides is 1. The van der Waals surface area contributed by atoms with Gasteiger partial charge in [-0.15, -0.1) is 0 Å². The Morgan fingerprint density at radius 3 is 2.48 bits per heavy atom. The second kappa shape index (κ2) is 8.51. The van der Waals surface area contributed by atoms with Crippen LogP contribution < -0.4 is 15.2 Å². The van der Waals surface area contributed by atoms with Crippen LogP contribution in [-0.2, 0) is 19.6 Å². The first kappa shape index (κ1) is 20.9. The Hall–Kier alpha value is -2.43. The standard InChI is InChI=1S/C17H17BrN2O6S/c1-10-3-5-13(12(18)7-10)20-16(21)9-26-17(22)11-4-6-14(25-2)15(8-11)27(19,23)24/h3-8H,9H2,1-2H3,(H,20,21)(H2,19,23,24). The highest BCUT2D eigenvalue weighted by atomic mass is 79.9. The number of carbonyl (C=O) groups excluding carboxylic acids is 2. The summed E-state index contributed by atoms with van der Waals surface area (Å²) in [7, 11) is -2.83. The predicted octanol–water partition coefficient (Wildman–Crippen LogP) is 2.21. The van der Waals surface area contributed by atoms with Crippen LogP contribution in [0.5, 0.6) is 5.75 Å². The molecule has 144 valence electrons. The first-order valence-electron chi connectivity index (χ1n) is 7.56. The molecule has 10 heteroatoms. The van der Waals surface area contributed by atoms with Gasteiger partial charge in [-0.2, -0.15) is 0 Å². The molecule has 0 aliphatic carbocycles. The zero-order valence-electron chi connectivity index (χ0n) is 14.5. The molecule has 1 amide bonds. The van der Waals surface area contributed by atoms with Gasteiger partial charge in [-0.3, -0.25) is 4.79 Å². The minimum atomic E-state index is -4.10. The minimum absolute atomic E-state index is 0.00369. The summed E-state index contributed by atoms with van der Waals surface area (Å²) < 4.78 is 33.7. The van der Waals surface area contributed by atoms with E-state index in [1.165, 1.54) is 19.2 Å². The molecule has 0 saturated carbocycles. The number of nitrogens with two attached hydrogens (primary N) is 1. The molecule has 0 heterocycles. The van der Waals surface area contributed by atoms with Crippen molar-refractivity contribution >= 4 is 43.5 Å². The number of anilines is 1. The predicted molar refractivity (Wildman–Crippen MR) is 102 cm³/mol. The fourth-order valence-corrected chi connectivity index (χ4v) is 3.46. The lowest BCUT2D eigenvalue weighted by Crippen LogP contribution is -2.21. The van der Waals surface area contributed by atoms with E-state index in [1.54, 1.807) is 6.07 Å². The van der Waals surface area contributed by atoms with Crippen LogP contribution in [0.1, 0.15) is 15.9 Å². The molecule has 0 bridgehead atoms. The number of sulfonamides is 1. The van der Waals surface area contributed by atoms with Gasteiger partial charge < -0.3 is 14.8 Å². The molecular formula is C17H17BrN2O6S. The van der Waals surface area contributed by atoms with Crippen LogP contribution in [0.3, 0.4) is 0 Å². The molecule has 3 N–H and O–H groups in total. The van der Waals surface area contributed by atoms with Crippen LogP contribution in [0.25, 0.3) is 0 Å². The Kier molecular flexibility index (Phi) is 6.58. The number of methoxy groups -OCH3 is 1. The molecule has 0 aliphatic rings. The largest absolute Gasteiger partial charge is 0.495 e. The maximum Gasteiger partial charge on any atom is 0.338 e. The molecule has 0 radical (unpaired) electrons. The molecule has 0 saturated heterocycles. The van der Waals surface area contributed by atoms with E-state index in [4.69, 9.17) is 14.6 Å². The van der Waals surface area contributed by atoms with Gasteiger partial charge in [-0.05, 0) is 58.7 Å². The first-order valence-corrected chi connectivity index (χ1v) is 9.89. The van der Waals surface area contributed by atoms with Crippen molar-refractivity contribution in [3.05, 3.63) is 52.0 Å². The van der Waals surface area contributed by atoms with Crippen LogP contribution in [-0.4, -0.2) is 34.0 Å². The molecule has 0 spiro atoms. The lowest BCUT2D eigenvalue weighted by Gasteiger charge is -2.10. The third-order valence-electron chi connectivity index (χ3n) is 3.44. The van der Waals surface area contributed by atoms with Crippen molar-refractivity contribution in [3.63, 3.8) is 0 Å². The van der Waals surface area contributed by atoms with Gasteiger partial charge in [0.15, 0.2) is 6.61 Å². The molecule has 0 atom stereocenters. The molecule has 2 rings (SSSR count). The van der Waals surface area contributed by atoms with Crippen molar-refractivity contribution in [3.8, 4) is 5.75 Å². The average molecular weight is 457 g/mol. The van der Waals surface area contributed by atoms with E-state index < -0.39 is 28.5 Å². The fourth-order valence-electron chi connectivity index (χ4n) is 2.15. The number of halogens is 1. The normalized spacial score (nSPS) is 11.0. The van der Waals surface area contributed by atoms with E-state index >= 15 is 0 Å². The Morgan fingerprint density at radius 2 is 1.89 bits per heavy atom. The van der Waals surface area contributed by atoms with Crippen LogP contribution in [0, 0.1) is 6.92 Å². The zero-order chi connectivity index (χ0) is 20.2. The van der Waals surface area contributed by atoms with Crippen molar-refractivity contribution in [2.45, 2.75) is 11.8 Å². The van der Waals surface area contributed by atoms with Crippen LogP contribution in [0.4, 0.5) is 5.69 Å². The summed E-state index contributed by atoms with van der Waals surface area (Å²) in [6.45, 7) is 1.36. The number of hydrogen-bond donors (Lipinski definition) is 2. The van der Waals surface area contributed by atoms with E-state index in [0.717, 1.165) is 11.6 Å². The lowest BCUT2D eigenvalue weighted by molar-refractivity contribution is -0.119. The molecule has 0 unspecified atom stereocenters. The SMILES string of the molecule is COc1ccc(C(=O)OCC(=O)Nc2ccc(C)cc2Br)cc1S(N)(=O)=O. The molecular weight excluding hydrogens is 440 g/mol. The lowest BCUT2D eigenvalue weighted by atomic mass is 10.2. The quantitative estimate of drug-likeness (QED) is 0.641. The van der Waals surface area contributed by atoms with Crippen molar-refractivity contribution in [2.24, 2.45) is 5.14 Å². The minimum Gasteiger partial charge on any atom is -0.495 e. The van der Waals surface area contributed by atoms with Crippen LogP contribution >= 0.6 is 15.9 Å². The molecule has 2 aromatic rings. The smallest absolute Gasteiger partial charge is 0.338 e. The van der Waals surface area contributed by atoms with Gasteiger partial charge in [0.1, 0.15) is 10.6 Å². The molecule has 27 heavy (non-hydrogen) atoms. The summed E-state index contributed by atoms with van der Waals surface area (Å²) in [5.41, 5.74) is 1.46. The maximum atomic E-state index is 12.1. The highest BCUT2D eigenvalue weighted by Crippen LogP contribution is 2.25. The number of esters is 1. The number of rotatable bonds is 6. The number of aryl methyl sites for hydroxylation is 1. The third-order valence-corrected chi connectivity index (χ3v) is 5.03. The number of primary sulfonamides is 1. The molecule has 0 aliphatic heterocycles. The number of nitrogens with one attached hydrogen (secondary N) is 1. The Labute approximate surface area is 164 Å². The Morgan fingerprint density at radius 1 is 1.19 bits per heavy atom. The van der Waals surface area contributed by atoms with Gasteiger partial charge in [0.25, 0.3) is 5.91 Å². The number of hydrogen-bond acceptors (Lipinski definition) is 6. The van der Waals surface area contributed by atoms with Gasteiger partial charge in [-0.25, -0.2) is 18.4 Å². The summed E-state index contributed by atoms with van der Waals surface area (Å²) in [5, 5.41) is 7.71. The van der Waals surface area contributed by atoms with Crippen molar-refractivity contribution in [1.82, 2.24) is 0 Å². The van der Waals surface area contributed by atoms with Crippen LogP contribution in [0.2, 0.25) is 0 Å². The highest BCUT2D eigenvalue weighted by molar-refractivity contribution is 9.10. The van der Waals surface area contributed by atoms with Gasteiger partial charge in [0.2, 0.25) is 10.0 Å². The van der Waals surface area contributed by atoms with Gasteiger partial charge >= 0.3 is 5.97 Å². The second-order valence-corrected chi connectivity index (χ2v) is 7.90. The highest BCUT2D eigenvalue weighted by Gasteiger charge is 2.19. The van der Waals surface area contributed by atoms with Crippen molar-refractivity contribution < 1.29 is 27.5 Å². The van der Waals surface area contributed by atoms with Gasteiger partial charge in [0.05, 0.1) is 18.4 Å². The Balaban J connectivity index is 2.06. The topological polar surface area (TPSA) is 125 Å². The van der Waals surface area contributed by atoms with E-state index in [-0.39, 0.29) is 16.2 Å². The van der Waals surface area contributed by atoms with Gasteiger partial charge in [-0.1, -0.05) is 6.07 Å². The third kappa shape index (κ3) is 5.52. The van der Waals surface area contributed by atoms with Gasteiger partial charge in [0, 0.05) is 4.47 Å². The van der Waals surface area contributed by atoms with Crippen molar-refractivity contribution in [1.29, 1.82) is 0 Å². The summed E-state index contributed by atoms with van der Waals surface area (Å²) in [4.78, 5) is 23.7. The van der Waals surface area contributed by atoms with E-state index in [0.29, 0.717) is 10.2 Å². The molecule has 0 aromatic heterocycles. The average Bonchev–Trinajstić information content (AvgIpc) is 2.60. The van der Waals surface area contributed by atoms with E-state index in [1.807, 2.05) is 19.1 Å². The first-order chi connectivity index (χ1) is 12.6. The number of carbonyl (C=O) groups is 2. The second-order valence-electron chi connectivity index (χ2n) is 5.52. The number of benzene rings is 2. The summed E-state index contributed by atoms with van der Waals surface area (Å²) in [5.74, 6) is -1.43. The molecule has 2 aromatic carbocycles. The Bertz CT molecular complexity index is 991. The summed E-state index contributed by atoms with van der Waals surface area (Å²) in [6, 6.07) is 8.97. The number of ether oxygens (including phenoxy) is 2. The van der Waals surface area contributed by atoms with Crippen LogP contribution in [0.15, 0.2) is 45.8 Å². The summed E-state index contributed by atoms with van der Waals surface area (Å²) in [6.07, 6.45) is 0. The fraction of sp³-hybridized carbons (Fsp3) is 0.176. The van der Waals surface area contributed by atoms with E-state index in [9.17, 15) is 18.0 Å². The maximum absolute atomic E-state index is 12.1. The molecule has 0 fully saturated rings. The zero-order valence-corrected chi connectivity index (χ0v) is 16.9. The van der Waals surface area contributed by atoms with Crippen molar-refractivity contribution in [2.75, 3.05) is 19.0 Å². The van der Waals surface area contributed by atoms with E-state index in [2.05, 4.69) is 21.2 Å².